The molecule has 0 radical (unpaired) electrons. The minimum Gasteiger partial charge on any atom is -0.446 e. The summed E-state index contributed by atoms with van der Waals surface area (Å²) in [6, 6.07) is 7.01. The molecule has 132 valence electrons. The number of rotatable bonds is 2. The number of halogens is 1. The first-order valence-corrected chi connectivity index (χ1v) is 10.5. The van der Waals surface area contributed by atoms with Gasteiger partial charge in [-0.25, -0.2) is 13.2 Å². The van der Waals surface area contributed by atoms with Crippen molar-refractivity contribution in [2.24, 2.45) is 0 Å². The van der Waals surface area contributed by atoms with E-state index in [1.54, 1.807) is 24.3 Å². The Kier molecular flexibility index (Phi) is 5.35. The van der Waals surface area contributed by atoms with Gasteiger partial charge in [0.1, 0.15) is 6.10 Å². The molecule has 2 fully saturated rings. The van der Waals surface area contributed by atoms with Crippen molar-refractivity contribution in [2.75, 3.05) is 18.8 Å². The highest BCUT2D eigenvalue weighted by molar-refractivity contribution is 7.91. The lowest BCUT2D eigenvalue weighted by atomic mass is 10.1. The standard InChI is InChI=1S/C17H22ClNO4S/c18-15-8-4-3-7-14(15)16-9-10-19(11-12-24(16,21)22)17(20)23-13-5-1-2-6-13/h3-4,7-8,13,16H,1-2,5-6,9-12H2. The molecular formula is C17H22ClNO4S. The molecule has 1 aromatic rings. The van der Waals surface area contributed by atoms with E-state index in [-0.39, 0.29) is 18.4 Å². The first-order valence-electron chi connectivity index (χ1n) is 8.39. The molecule has 0 spiro atoms. The lowest BCUT2D eigenvalue weighted by Gasteiger charge is -2.22. The topological polar surface area (TPSA) is 63.7 Å². The maximum atomic E-state index is 12.6. The van der Waals surface area contributed by atoms with Gasteiger partial charge in [-0.05, 0) is 43.7 Å². The first-order chi connectivity index (χ1) is 11.5. The number of carbonyl (C=O) groups is 1. The molecule has 1 heterocycles. The lowest BCUT2D eigenvalue weighted by molar-refractivity contribution is 0.0671. The van der Waals surface area contributed by atoms with E-state index in [4.69, 9.17) is 16.3 Å². The smallest absolute Gasteiger partial charge is 0.410 e. The molecule has 0 aromatic heterocycles. The van der Waals surface area contributed by atoms with Crippen LogP contribution in [0.4, 0.5) is 4.79 Å². The molecule has 1 saturated heterocycles. The van der Waals surface area contributed by atoms with E-state index in [0.29, 0.717) is 23.6 Å². The molecule has 1 saturated carbocycles. The Morgan fingerprint density at radius 1 is 1.12 bits per heavy atom. The molecule has 2 aliphatic rings. The molecule has 1 atom stereocenters. The summed E-state index contributed by atoms with van der Waals surface area (Å²) in [7, 11) is -3.36. The Morgan fingerprint density at radius 3 is 2.54 bits per heavy atom. The van der Waals surface area contributed by atoms with Crippen LogP contribution >= 0.6 is 11.6 Å². The van der Waals surface area contributed by atoms with Crippen LogP contribution in [0.1, 0.15) is 42.9 Å². The van der Waals surface area contributed by atoms with Crippen molar-refractivity contribution in [2.45, 2.75) is 43.5 Å². The number of sulfone groups is 1. The Morgan fingerprint density at radius 2 is 1.83 bits per heavy atom. The molecule has 1 aromatic carbocycles. The van der Waals surface area contributed by atoms with Crippen molar-refractivity contribution in [1.29, 1.82) is 0 Å². The molecule has 7 heteroatoms. The summed E-state index contributed by atoms with van der Waals surface area (Å²) in [6.07, 6.45) is 3.90. The minimum atomic E-state index is -3.36. The third-order valence-electron chi connectivity index (χ3n) is 4.82. The fourth-order valence-electron chi connectivity index (χ4n) is 3.44. The normalized spacial score (nSPS) is 24.5. The van der Waals surface area contributed by atoms with Crippen molar-refractivity contribution >= 4 is 27.5 Å². The maximum Gasteiger partial charge on any atom is 0.410 e. The largest absolute Gasteiger partial charge is 0.446 e. The number of ether oxygens (including phenoxy) is 1. The molecule has 1 unspecified atom stereocenters. The quantitative estimate of drug-likeness (QED) is 0.797. The molecular weight excluding hydrogens is 350 g/mol. The fourth-order valence-corrected chi connectivity index (χ4v) is 5.58. The maximum absolute atomic E-state index is 12.6. The minimum absolute atomic E-state index is 0.0169. The van der Waals surface area contributed by atoms with Crippen molar-refractivity contribution in [1.82, 2.24) is 4.90 Å². The lowest BCUT2D eigenvalue weighted by Crippen LogP contribution is -2.35. The molecule has 0 bridgehead atoms. The fraction of sp³-hybridized carbons (Fsp3) is 0.588. The average molecular weight is 372 g/mol. The van der Waals surface area contributed by atoms with Gasteiger partial charge in [0, 0.05) is 18.1 Å². The Labute approximate surface area is 147 Å². The van der Waals surface area contributed by atoms with Crippen molar-refractivity contribution < 1.29 is 17.9 Å². The van der Waals surface area contributed by atoms with Crippen LogP contribution in [0.25, 0.3) is 0 Å². The summed E-state index contributed by atoms with van der Waals surface area (Å²) in [5, 5.41) is -0.219. The van der Waals surface area contributed by atoms with Gasteiger partial charge < -0.3 is 9.64 Å². The highest BCUT2D eigenvalue weighted by Gasteiger charge is 2.34. The predicted molar refractivity (Wildman–Crippen MR) is 92.9 cm³/mol. The summed E-state index contributed by atoms with van der Waals surface area (Å²) in [5.74, 6) is -0.0668. The third-order valence-corrected chi connectivity index (χ3v) is 7.27. The molecule has 5 nitrogen and oxygen atoms in total. The summed E-state index contributed by atoms with van der Waals surface area (Å²) in [5.41, 5.74) is 0.616. The van der Waals surface area contributed by atoms with E-state index in [2.05, 4.69) is 0 Å². The van der Waals surface area contributed by atoms with Crippen LogP contribution in [0.2, 0.25) is 5.02 Å². The third kappa shape index (κ3) is 3.86. The van der Waals surface area contributed by atoms with Crippen LogP contribution in [0, 0.1) is 0 Å². The number of nitrogens with zero attached hydrogens (tertiary/aromatic N) is 1. The zero-order chi connectivity index (χ0) is 17.2. The number of hydrogen-bond donors (Lipinski definition) is 0. The van der Waals surface area contributed by atoms with Crippen LogP contribution in [-0.2, 0) is 14.6 Å². The molecule has 1 amide bonds. The van der Waals surface area contributed by atoms with Gasteiger partial charge in [-0.2, -0.15) is 0 Å². The van der Waals surface area contributed by atoms with E-state index >= 15 is 0 Å². The second-order valence-corrected chi connectivity index (χ2v) is 9.15. The van der Waals surface area contributed by atoms with Gasteiger partial charge in [0.2, 0.25) is 0 Å². The second-order valence-electron chi connectivity index (χ2n) is 6.44. The Hall–Kier alpha value is -1.27. The number of amides is 1. The highest BCUT2D eigenvalue weighted by atomic mass is 35.5. The molecule has 1 aliphatic heterocycles. The molecule has 24 heavy (non-hydrogen) atoms. The van der Waals surface area contributed by atoms with Crippen molar-refractivity contribution in [3.8, 4) is 0 Å². The van der Waals surface area contributed by atoms with Crippen LogP contribution in [0.15, 0.2) is 24.3 Å². The molecule has 1 aliphatic carbocycles. The van der Waals surface area contributed by atoms with Gasteiger partial charge in [0.05, 0.1) is 11.0 Å². The SMILES string of the molecule is O=C(OC1CCCC1)N1CCC(c2ccccc2Cl)S(=O)(=O)CC1. The van der Waals surface area contributed by atoms with E-state index in [9.17, 15) is 13.2 Å². The summed E-state index contributed by atoms with van der Waals surface area (Å²) in [6.45, 7) is 0.537. The van der Waals surface area contributed by atoms with Gasteiger partial charge in [-0.1, -0.05) is 29.8 Å². The van der Waals surface area contributed by atoms with Crippen LogP contribution in [0.3, 0.4) is 0 Å². The average Bonchev–Trinajstić information content (AvgIpc) is 2.98. The van der Waals surface area contributed by atoms with Gasteiger partial charge in [-0.15, -0.1) is 0 Å². The number of hydrogen-bond acceptors (Lipinski definition) is 4. The number of carbonyl (C=O) groups excluding carboxylic acids is 1. The monoisotopic (exact) mass is 371 g/mol. The predicted octanol–water partition coefficient (Wildman–Crippen LogP) is 3.58. The van der Waals surface area contributed by atoms with Crippen molar-refractivity contribution in [3.05, 3.63) is 34.9 Å². The highest BCUT2D eigenvalue weighted by Crippen LogP contribution is 2.34. The molecule has 3 rings (SSSR count). The van der Waals surface area contributed by atoms with Crippen LogP contribution in [0.5, 0.6) is 0 Å². The van der Waals surface area contributed by atoms with E-state index < -0.39 is 21.2 Å². The van der Waals surface area contributed by atoms with Gasteiger partial charge in [0.25, 0.3) is 0 Å². The van der Waals surface area contributed by atoms with Gasteiger partial charge >= 0.3 is 6.09 Å². The Balaban J connectivity index is 1.72. The van der Waals surface area contributed by atoms with Gasteiger partial charge in [0.15, 0.2) is 9.84 Å². The summed E-state index contributed by atoms with van der Waals surface area (Å²) in [4.78, 5) is 13.8. The number of benzene rings is 1. The summed E-state index contributed by atoms with van der Waals surface area (Å²) < 4.78 is 30.8. The Bertz CT molecular complexity index is 700. The zero-order valence-corrected chi connectivity index (χ0v) is 15.1. The van der Waals surface area contributed by atoms with Gasteiger partial charge in [-0.3, -0.25) is 0 Å². The van der Waals surface area contributed by atoms with E-state index in [1.807, 2.05) is 0 Å². The first kappa shape index (κ1) is 17.5. The summed E-state index contributed by atoms with van der Waals surface area (Å²) >= 11 is 6.18. The van der Waals surface area contributed by atoms with Crippen LogP contribution in [-0.4, -0.2) is 44.4 Å². The second kappa shape index (κ2) is 7.31. The van der Waals surface area contributed by atoms with E-state index in [1.165, 1.54) is 4.90 Å². The molecule has 0 N–H and O–H groups in total. The van der Waals surface area contributed by atoms with Crippen LogP contribution < -0.4 is 0 Å². The zero-order valence-electron chi connectivity index (χ0n) is 13.5. The van der Waals surface area contributed by atoms with E-state index in [0.717, 1.165) is 25.7 Å². The van der Waals surface area contributed by atoms with Crippen molar-refractivity contribution in [3.63, 3.8) is 0 Å².